The highest BCUT2D eigenvalue weighted by Crippen LogP contribution is 2.35. The number of aromatic nitrogens is 3. The Morgan fingerprint density at radius 1 is 1.00 bits per heavy atom. The predicted octanol–water partition coefficient (Wildman–Crippen LogP) is 7.13. The molecule has 4 aromatic heterocycles. The summed E-state index contributed by atoms with van der Waals surface area (Å²) in [6.45, 7) is 2.00. The Labute approximate surface area is 234 Å². The van der Waals surface area contributed by atoms with E-state index in [1.54, 1.807) is 31.6 Å². The minimum absolute atomic E-state index is 0.0485. The Balaban J connectivity index is 1.30. The molecule has 0 atom stereocenters. The summed E-state index contributed by atoms with van der Waals surface area (Å²) in [5.74, 6) is 0.675. The molecule has 0 amide bonds. The topological polar surface area (TPSA) is 118 Å². The van der Waals surface area contributed by atoms with Crippen LogP contribution in [0.3, 0.4) is 0 Å². The molecule has 2 aromatic carbocycles. The van der Waals surface area contributed by atoms with Crippen LogP contribution in [0.5, 0.6) is 5.75 Å². The van der Waals surface area contributed by atoms with E-state index in [2.05, 4.69) is 15.0 Å². The van der Waals surface area contributed by atoms with Crippen LogP contribution in [0.1, 0.15) is 33.4 Å². The van der Waals surface area contributed by atoms with Crippen molar-refractivity contribution in [3.8, 4) is 27.4 Å². The SMILES string of the molecule is CC(=O)c1ccc(-c2cccc3[nH]c(C(=N)c4cc(-c5cncc(OCc6ccccc6)c5)ncc4N)cc23)s1. The fourth-order valence-electron chi connectivity index (χ4n) is 4.54. The van der Waals surface area contributed by atoms with Gasteiger partial charge in [0.15, 0.2) is 5.78 Å². The Kier molecular flexibility index (Phi) is 6.67. The van der Waals surface area contributed by atoms with Gasteiger partial charge < -0.3 is 15.5 Å². The number of rotatable bonds is 8. The molecule has 0 aliphatic carbocycles. The van der Waals surface area contributed by atoms with Crippen molar-refractivity contribution in [1.82, 2.24) is 15.0 Å². The first-order chi connectivity index (χ1) is 19.5. The third-order valence-electron chi connectivity index (χ3n) is 6.61. The standard InChI is InChI=1S/C32H25N5O2S/c1-19(38)30-10-11-31(40-30)23-8-5-9-27-24(23)13-29(37-27)32(34)25-14-28(36-17-26(25)33)21-12-22(16-35-15-21)39-18-20-6-3-2-4-7-20/h2-17,34,37H,18,33H2,1H3. The van der Waals surface area contributed by atoms with Gasteiger partial charge in [-0.15, -0.1) is 11.3 Å². The van der Waals surface area contributed by atoms with E-state index in [1.165, 1.54) is 11.3 Å². The molecule has 0 saturated heterocycles. The minimum atomic E-state index is 0.0485. The highest BCUT2D eigenvalue weighted by molar-refractivity contribution is 7.17. The van der Waals surface area contributed by atoms with Gasteiger partial charge in [-0.25, -0.2) is 0 Å². The van der Waals surface area contributed by atoms with Crippen LogP contribution in [0.15, 0.2) is 97.5 Å². The minimum Gasteiger partial charge on any atom is -0.487 e. The van der Waals surface area contributed by atoms with Crippen LogP contribution < -0.4 is 10.5 Å². The quantitative estimate of drug-likeness (QED) is 0.139. The van der Waals surface area contributed by atoms with Crippen molar-refractivity contribution in [3.05, 3.63) is 119 Å². The molecule has 4 N–H and O–H groups in total. The van der Waals surface area contributed by atoms with Crippen molar-refractivity contribution in [2.24, 2.45) is 0 Å². The number of fused-ring (bicyclic) bond motifs is 1. The number of hydrogen-bond acceptors (Lipinski definition) is 7. The number of nitrogens with one attached hydrogen (secondary N) is 2. The van der Waals surface area contributed by atoms with E-state index in [4.69, 9.17) is 15.9 Å². The number of ether oxygens (including phenoxy) is 1. The van der Waals surface area contributed by atoms with Crippen LogP contribution in [0.2, 0.25) is 0 Å². The molecule has 0 spiro atoms. The van der Waals surface area contributed by atoms with Crippen molar-refractivity contribution in [1.29, 1.82) is 5.41 Å². The number of hydrogen-bond donors (Lipinski definition) is 3. The molecule has 196 valence electrons. The first kappa shape index (κ1) is 25.2. The second-order valence-corrected chi connectivity index (χ2v) is 10.5. The summed E-state index contributed by atoms with van der Waals surface area (Å²) in [4.78, 5) is 25.7. The van der Waals surface area contributed by atoms with Gasteiger partial charge in [-0.05, 0) is 48.9 Å². The second kappa shape index (κ2) is 10.6. The third kappa shape index (κ3) is 5.00. The molecule has 6 aromatic rings. The number of nitrogens with zero attached hydrogens (tertiary/aromatic N) is 2. The van der Waals surface area contributed by atoms with E-state index in [1.807, 2.05) is 72.8 Å². The number of carbonyl (C=O) groups excluding carboxylic acids is 1. The molecule has 6 rings (SSSR count). The smallest absolute Gasteiger partial charge is 0.169 e. The number of Topliss-reactive ketones (excluding diaryl/α,β-unsaturated/α-hetero) is 1. The fourth-order valence-corrected chi connectivity index (χ4v) is 5.48. The van der Waals surface area contributed by atoms with Crippen LogP contribution in [-0.4, -0.2) is 26.4 Å². The van der Waals surface area contributed by atoms with Crippen LogP contribution in [-0.2, 0) is 6.61 Å². The molecule has 0 unspecified atom stereocenters. The average Bonchev–Trinajstić information content (AvgIpc) is 3.65. The molecular weight excluding hydrogens is 518 g/mol. The highest BCUT2D eigenvalue weighted by atomic mass is 32.1. The van der Waals surface area contributed by atoms with E-state index in [0.29, 0.717) is 35.0 Å². The summed E-state index contributed by atoms with van der Waals surface area (Å²) in [5.41, 5.74) is 12.5. The molecule has 0 radical (unpaired) electrons. The molecule has 40 heavy (non-hydrogen) atoms. The molecule has 7 nitrogen and oxygen atoms in total. The summed E-state index contributed by atoms with van der Waals surface area (Å²) >= 11 is 1.47. The van der Waals surface area contributed by atoms with Gasteiger partial charge in [0, 0.05) is 38.7 Å². The zero-order valence-electron chi connectivity index (χ0n) is 21.6. The largest absolute Gasteiger partial charge is 0.487 e. The maximum Gasteiger partial charge on any atom is 0.169 e. The van der Waals surface area contributed by atoms with Gasteiger partial charge in [0.2, 0.25) is 0 Å². The Hall–Kier alpha value is -5.08. The van der Waals surface area contributed by atoms with Crippen molar-refractivity contribution in [2.45, 2.75) is 13.5 Å². The van der Waals surface area contributed by atoms with E-state index < -0.39 is 0 Å². The van der Waals surface area contributed by atoms with Crippen molar-refractivity contribution < 1.29 is 9.53 Å². The number of thiophene rings is 1. The number of pyridine rings is 2. The van der Waals surface area contributed by atoms with Gasteiger partial charge in [-0.3, -0.25) is 20.2 Å². The van der Waals surface area contributed by atoms with Gasteiger partial charge in [-0.2, -0.15) is 0 Å². The predicted molar refractivity (Wildman–Crippen MR) is 160 cm³/mol. The number of carbonyl (C=O) groups is 1. The van der Waals surface area contributed by atoms with Crippen LogP contribution in [0.25, 0.3) is 32.6 Å². The van der Waals surface area contributed by atoms with Crippen molar-refractivity contribution >= 4 is 39.4 Å². The summed E-state index contributed by atoms with van der Waals surface area (Å²) in [6, 6.07) is 25.4. The van der Waals surface area contributed by atoms with Crippen LogP contribution >= 0.6 is 11.3 Å². The van der Waals surface area contributed by atoms with Crippen LogP contribution in [0, 0.1) is 5.41 Å². The van der Waals surface area contributed by atoms with Crippen molar-refractivity contribution in [2.75, 3.05) is 5.73 Å². The molecule has 0 bridgehead atoms. The van der Waals surface area contributed by atoms with Gasteiger partial charge in [0.1, 0.15) is 12.4 Å². The number of aromatic amines is 1. The normalized spacial score (nSPS) is 11.0. The summed E-state index contributed by atoms with van der Waals surface area (Å²) in [6.07, 6.45) is 4.95. The van der Waals surface area contributed by atoms with Crippen molar-refractivity contribution in [3.63, 3.8) is 0 Å². The zero-order chi connectivity index (χ0) is 27.6. The summed E-state index contributed by atoms with van der Waals surface area (Å²) in [7, 11) is 0. The maximum absolute atomic E-state index is 11.8. The third-order valence-corrected chi connectivity index (χ3v) is 7.83. The van der Waals surface area contributed by atoms with Crippen LogP contribution in [0.4, 0.5) is 5.69 Å². The number of benzene rings is 2. The first-order valence-electron chi connectivity index (χ1n) is 12.7. The molecule has 0 aliphatic rings. The van der Waals surface area contributed by atoms with Gasteiger partial charge in [0.05, 0.1) is 40.1 Å². The Bertz CT molecular complexity index is 1870. The van der Waals surface area contributed by atoms with E-state index in [0.717, 1.165) is 37.3 Å². The maximum atomic E-state index is 11.8. The second-order valence-electron chi connectivity index (χ2n) is 9.39. The number of anilines is 1. The molecular formula is C32H25N5O2S. The number of H-pyrrole nitrogens is 1. The Morgan fingerprint density at radius 2 is 1.85 bits per heavy atom. The number of nitrogens with two attached hydrogens (primary N) is 1. The van der Waals surface area contributed by atoms with E-state index in [9.17, 15) is 4.79 Å². The monoisotopic (exact) mass is 543 g/mol. The van der Waals surface area contributed by atoms with Gasteiger partial charge in [-0.1, -0.05) is 42.5 Å². The number of nitrogen functional groups attached to an aromatic ring is 1. The molecule has 0 aliphatic heterocycles. The van der Waals surface area contributed by atoms with Gasteiger partial charge >= 0.3 is 0 Å². The van der Waals surface area contributed by atoms with Gasteiger partial charge in [0.25, 0.3) is 0 Å². The molecule has 4 heterocycles. The molecule has 0 fully saturated rings. The summed E-state index contributed by atoms with van der Waals surface area (Å²) in [5, 5.41) is 9.99. The highest BCUT2D eigenvalue weighted by Gasteiger charge is 2.17. The van der Waals surface area contributed by atoms with E-state index in [-0.39, 0.29) is 11.5 Å². The lowest BCUT2D eigenvalue weighted by Crippen LogP contribution is -2.07. The fraction of sp³-hybridized carbons (Fsp3) is 0.0625. The zero-order valence-corrected chi connectivity index (χ0v) is 22.5. The Morgan fingerprint density at radius 3 is 2.65 bits per heavy atom. The average molecular weight is 544 g/mol. The van der Waals surface area contributed by atoms with E-state index >= 15 is 0 Å². The summed E-state index contributed by atoms with van der Waals surface area (Å²) < 4.78 is 5.94. The molecule has 8 heteroatoms. The lowest BCUT2D eigenvalue weighted by molar-refractivity contribution is 0.102. The molecule has 0 saturated carbocycles. The lowest BCUT2D eigenvalue weighted by atomic mass is 10.0. The number of ketones is 1. The first-order valence-corrected chi connectivity index (χ1v) is 13.5. The lowest BCUT2D eigenvalue weighted by Gasteiger charge is -2.10.